The first-order valence-electron chi connectivity index (χ1n) is 9.45. The topological polar surface area (TPSA) is 79.4 Å². The number of halogens is 1. The third kappa shape index (κ3) is 6.73. The van der Waals surface area contributed by atoms with E-state index in [4.69, 9.17) is 0 Å². The number of hydrogen-bond donors (Lipinski definition) is 1. The van der Waals surface area contributed by atoms with E-state index < -0.39 is 9.84 Å². The molecule has 0 spiro atoms. The van der Waals surface area contributed by atoms with Crippen LogP contribution in [-0.4, -0.2) is 55.3 Å². The zero-order valence-corrected chi connectivity index (χ0v) is 17.5. The minimum Gasteiger partial charge on any atom is -0.334 e. The number of rotatable bonds is 7. The number of carbonyl (C=O) groups is 1. The summed E-state index contributed by atoms with van der Waals surface area (Å²) >= 11 is 0. The minimum absolute atomic E-state index is 0. The standard InChI is InChI=1S/C19H29N3O3S.ClH/c1-26(24,25)15-19(8-9-19)13-18(23)22(14-16-5-2-3-11-21-16)17-6-4-10-20-12-7-17;/h2-3,5,11,17,20H,4,6-10,12-15H2,1H3;1H. The molecule has 2 fully saturated rings. The quantitative estimate of drug-likeness (QED) is 0.738. The highest BCUT2D eigenvalue weighted by Crippen LogP contribution is 2.50. The Morgan fingerprint density at radius 1 is 1.30 bits per heavy atom. The van der Waals surface area contributed by atoms with Gasteiger partial charge in [0, 0.05) is 24.9 Å². The number of hydrogen-bond acceptors (Lipinski definition) is 5. The van der Waals surface area contributed by atoms with Crippen molar-refractivity contribution in [1.29, 1.82) is 0 Å². The fourth-order valence-corrected chi connectivity index (χ4v) is 5.43. The molecule has 1 aromatic heterocycles. The molecule has 1 saturated carbocycles. The largest absolute Gasteiger partial charge is 0.334 e. The zero-order valence-electron chi connectivity index (χ0n) is 15.9. The van der Waals surface area contributed by atoms with E-state index in [1.54, 1.807) is 6.20 Å². The van der Waals surface area contributed by atoms with Crippen LogP contribution in [0.5, 0.6) is 0 Å². The van der Waals surface area contributed by atoms with Crippen LogP contribution in [0.1, 0.15) is 44.2 Å². The van der Waals surface area contributed by atoms with Gasteiger partial charge in [0.2, 0.25) is 5.91 Å². The number of aromatic nitrogens is 1. The van der Waals surface area contributed by atoms with Crippen LogP contribution in [0, 0.1) is 5.41 Å². The van der Waals surface area contributed by atoms with Gasteiger partial charge in [0.25, 0.3) is 0 Å². The van der Waals surface area contributed by atoms with E-state index in [1.807, 2.05) is 23.1 Å². The van der Waals surface area contributed by atoms with Crippen LogP contribution >= 0.6 is 12.4 Å². The summed E-state index contributed by atoms with van der Waals surface area (Å²) in [5.41, 5.74) is 0.543. The molecule has 6 nitrogen and oxygen atoms in total. The van der Waals surface area contributed by atoms with Gasteiger partial charge >= 0.3 is 0 Å². The summed E-state index contributed by atoms with van der Waals surface area (Å²) < 4.78 is 23.5. The molecule has 0 bridgehead atoms. The Kier molecular flexibility index (Phi) is 7.65. The highest BCUT2D eigenvalue weighted by Gasteiger charge is 2.47. The van der Waals surface area contributed by atoms with Gasteiger partial charge in [-0.05, 0) is 62.7 Å². The van der Waals surface area contributed by atoms with Gasteiger partial charge in [0.05, 0.1) is 18.0 Å². The Bertz CT molecular complexity index is 715. The molecular formula is C19H30ClN3O3S. The molecule has 1 aromatic rings. The summed E-state index contributed by atoms with van der Waals surface area (Å²) in [6.45, 7) is 2.39. The number of sulfone groups is 1. The molecule has 1 atom stereocenters. The molecule has 1 amide bonds. The molecular weight excluding hydrogens is 386 g/mol. The Hall–Kier alpha value is -1.18. The smallest absolute Gasteiger partial charge is 0.223 e. The molecule has 1 saturated heterocycles. The molecule has 2 heterocycles. The van der Waals surface area contributed by atoms with E-state index >= 15 is 0 Å². The molecule has 1 aliphatic carbocycles. The zero-order chi connectivity index (χ0) is 18.6. The van der Waals surface area contributed by atoms with E-state index in [2.05, 4.69) is 10.3 Å². The first-order valence-corrected chi connectivity index (χ1v) is 11.5. The third-order valence-electron chi connectivity index (χ3n) is 5.42. The summed E-state index contributed by atoms with van der Waals surface area (Å²) in [6, 6.07) is 5.94. The summed E-state index contributed by atoms with van der Waals surface area (Å²) in [7, 11) is -3.07. The van der Waals surface area contributed by atoms with Crippen molar-refractivity contribution in [2.45, 2.75) is 51.1 Å². The van der Waals surface area contributed by atoms with Crippen LogP contribution in [0.3, 0.4) is 0 Å². The molecule has 3 rings (SSSR count). The Labute approximate surface area is 168 Å². The van der Waals surface area contributed by atoms with Gasteiger partial charge in [-0.3, -0.25) is 9.78 Å². The summed E-state index contributed by atoms with van der Waals surface area (Å²) in [6.07, 6.45) is 7.95. The third-order valence-corrected chi connectivity index (χ3v) is 6.55. The predicted octanol–water partition coefficient (Wildman–Crippen LogP) is 2.19. The van der Waals surface area contributed by atoms with Gasteiger partial charge in [0.15, 0.2) is 0 Å². The predicted molar refractivity (Wildman–Crippen MR) is 109 cm³/mol. The first kappa shape index (κ1) is 22.1. The fraction of sp³-hybridized carbons (Fsp3) is 0.684. The number of amides is 1. The Balaban J connectivity index is 0.00000261. The molecule has 1 N–H and O–H groups in total. The average molecular weight is 416 g/mol. The van der Waals surface area contributed by atoms with Gasteiger partial charge in [0.1, 0.15) is 9.84 Å². The van der Waals surface area contributed by atoms with Crippen molar-refractivity contribution in [2.24, 2.45) is 5.41 Å². The van der Waals surface area contributed by atoms with Crippen molar-refractivity contribution in [2.75, 3.05) is 25.1 Å². The van der Waals surface area contributed by atoms with E-state index in [1.165, 1.54) is 6.26 Å². The maximum Gasteiger partial charge on any atom is 0.223 e. The first-order chi connectivity index (χ1) is 12.4. The molecule has 2 aliphatic rings. The van der Waals surface area contributed by atoms with Crippen molar-refractivity contribution in [3.63, 3.8) is 0 Å². The normalized spacial score (nSPS) is 21.6. The van der Waals surface area contributed by atoms with Crippen LogP contribution < -0.4 is 5.32 Å². The molecule has 27 heavy (non-hydrogen) atoms. The van der Waals surface area contributed by atoms with Crippen molar-refractivity contribution < 1.29 is 13.2 Å². The monoisotopic (exact) mass is 415 g/mol. The highest BCUT2D eigenvalue weighted by molar-refractivity contribution is 7.90. The lowest BCUT2D eigenvalue weighted by atomic mass is 10.0. The summed E-state index contributed by atoms with van der Waals surface area (Å²) in [5.74, 6) is 0.193. The lowest BCUT2D eigenvalue weighted by Gasteiger charge is -2.32. The van der Waals surface area contributed by atoms with Crippen molar-refractivity contribution >= 4 is 28.2 Å². The number of nitrogens with one attached hydrogen (secondary N) is 1. The van der Waals surface area contributed by atoms with Crippen LogP contribution in [0.4, 0.5) is 0 Å². The second kappa shape index (κ2) is 9.34. The van der Waals surface area contributed by atoms with E-state index in [-0.39, 0.29) is 35.5 Å². The van der Waals surface area contributed by atoms with Gasteiger partial charge in [-0.15, -0.1) is 12.4 Å². The van der Waals surface area contributed by atoms with Crippen molar-refractivity contribution in [3.05, 3.63) is 30.1 Å². The van der Waals surface area contributed by atoms with Crippen molar-refractivity contribution in [1.82, 2.24) is 15.2 Å². The summed E-state index contributed by atoms with van der Waals surface area (Å²) in [5, 5.41) is 3.39. The van der Waals surface area contributed by atoms with Crippen LogP contribution in [-0.2, 0) is 21.2 Å². The summed E-state index contributed by atoms with van der Waals surface area (Å²) in [4.78, 5) is 19.5. The van der Waals surface area contributed by atoms with E-state index in [9.17, 15) is 13.2 Å². The lowest BCUT2D eigenvalue weighted by molar-refractivity contribution is -0.135. The second-order valence-electron chi connectivity index (χ2n) is 7.92. The van der Waals surface area contributed by atoms with E-state index in [0.29, 0.717) is 13.0 Å². The van der Waals surface area contributed by atoms with E-state index in [0.717, 1.165) is 50.9 Å². The Morgan fingerprint density at radius 3 is 2.70 bits per heavy atom. The average Bonchev–Trinajstić information content (AvgIpc) is 3.36. The maximum atomic E-state index is 13.2. The van der Waals surface area contributed by atoms with Gasteiger partial charge < -0.3 is 10.2 Å². The lowest BCUT2D eigenvalue weighted by Crippen LogP contribution is -2.42. The molecule has 1 unspecified atom stereocenters. The highest BCUT2D eigenvalue weighted by atomic mass is 35.5. The molecule has 0 radical (unpaired) electrons. The fourth-order valence-electron chi connectivity index (χ4n) is 3.93. The van der Waals surface area contributed by atoms with Crippen LogP contribution in [0.25, 0.3) is 0 Å². The molecule has 0 aromatic carbocycles. The molecule has 152 valence electrons. The maximum absolute atomic E-state index is 13.2. The van der Waals surface area contributed by atoms with Gasteiger partial charge in [-0.2, -0.15) is 0 Å². The molecule has 8 heteroatoms. The second-order valence-corrected chi connectivity index (χ2v) is 10.1. The number of pyridine rings is 1. The van der Waals surface area contributed by atoms with Gasteiger partial charge in [-0.1, -0.05) is 6.07 Å². The minimum atomic E-state index is -3.07. The van der Waals surface area contributed by atoms with Gasteiger partial charge in [-0.25, -0.2) is 8.42 Å². The van der Waals surface area contributed by atoms with Crippen LogP contribution in [0.15, 0.2) is 24.4 Å². The SMILES string of the molecule is CS(=O)(=O)CC1(CC(=O)N(Cc2ccccn2)C2CCCNCC2)CC1.Cl. The number of nitrogens with zero attached hydrogens (tertiary/aromatic N) is 2. The Morgan fingerprint density at radius 2 is 2.07 bits per heavy atom. The number of carbonyl (C=O) groups excluding carboxylic acids is 1. The molecule has 1 aliphatic heterocycles. The van der Waals surface area contributed by atoms with Crippen LogP contribution in [0.2, 0.25) is 0 Å². The van der Waals surface area contributed by atoms with Crippen molar-refractivity contribution in [3.8, 4) is 0 Å².